The van der Waals surface area contributed by atoms with Gasteiger partial charge in [-0.2, -0.15) is 0 Å². The van der Waals surface area contributed by atoms with E-state index in [0.29, 0.717) is 0 Å². The molecule has 3 N–H and O–H groups in total. The molecule has 0 aliphatic carbocycles. The first kappa shape index (κ1) is 13.8. The maximum atomic E-state index is 11.4. The number of benzene rings is 1. The molecule has 1 aromatic rings. The molecule has 0 radical (unpaired) electrons. The van der Waals surface area contributed by atoms with E-state index < -0.39 is 6.04 Å². The second-order valence-corrected chi connectivity index (χ2v) is 4.29. The van der Waals surface area contributed by atoms with E-state index in [1.165, 1.54) is 11.3 Å². The fourth-order valence-corrected chi connectivity index (χ4v) is 1.87. The summed E-state index contributed by atoms with van der Waals surface area (Å²) in [6.07, 6.45) is 1.08. The van der Waals surface area contributed by atoms with Gasteiger partial charge in [0, 0.05) is 25.0 Å². The van der Waals surface area contributed by atoms with Crippen LogP contribution in [0, 0.1) is 0 Å². The second-order valence-electron chi connectivity index (χ2n) is 4.29. The lowest BCUT2D eigenvalue weighted by Gasteiger charge is -2.14. The van der Waals surface area contributed by atoms with Crippen LogP contribution in [-0.2, 0) is 11.2 Å². The molecule has 5 heteroatoms. The summed E-state index contributed by atoms with van der Waals surface area (Å²) in [6.45, 7) is 2.72. The van der Waals surface area contributed by atoms with E-state index in [2.05, 4.69) is 23.3 Å². The average molecular weight is 256 g/mol. The van der Waals surface area contributed by atoms with Crippen LogP contribution in [0.2, 0.25) is 0 Å². The topological polar surface area (TPSA) is 58.4 Å². The highest BCUT2D eigenvalue weighted by molar-refractivity contribution is 5.95. The molecular formula is C12H18ClN3O. The summed E-state index contributed by atoms with van der Waals surface area (Å²) < 4.78 is 0. The number of amides is 1. The van der Waals surface area contributed by atoms with Crippen LogP contribution in [0.3, 0.4) is 0 Å². The maximum absolute atomic E-state index is 11.4. The number of anilines is 2. The van der Waals surface area contributed by atoms with E-state index in [1.807, 2.05) is 12.1 Å². The van der Waals surface area contributed by atoms with Gasteiger partial charge in [-0.1, -0.05) is 6.07 Å². The average Bonchev–Trinajstić information content (AvgIpc) is 2.60. The van der Waals surface area contributed by atoms with Gasteiger partial charge in [-0.05, 0) is 31.0 Å². The first-order chi connectivity index (χ1) is 7.58. The fourth-order valence-electron chi connectivity index (χ4n) is 1.87. The number of rotatable bonds is 2. The summed E-state index contributed by atoms with van der Waals surface area (Å²) in [5, 5.41) is 2.80. The van der Waals surface area contributed by atoms with Gasteiger partial charge in [-0.15, -0.1) is 12.4 Å². The zero-order valence-electron chi connectivity index (χ0n) is 10.1. The zero-order chi connectivity index (χ0) is 11.7. The fraction of sp³-hybridized carbons (Fsp3) is 0.417. The third kappa shape index (κ3) is 2.90. The van der Waals surface area contributed by atoms with Gasteiger partial charge in [0.25, 0.3) is 0 Å². The number of nitrogens with two attached hydrogens (primary N) is 1. The predicted molar refractivity (Wildman–Crippen MR) is 72.9 cm³/mol. The number of carbonyl (C=O) groups excluding carboxylic acids is 1. The third-order valence-electron chi connectivity index (χ3n) is 2.89. The Morgan fingerprint density at radius 3 is 2.88 bits per heavy atom. The third-order valence-corrected chi connectivity index (χ3v) is 2.89. The van der Waals surface area contributed by atoms with Crippen molar-refractivity contribution in [1.82, 2.24) is 0 Å². The van der Waals surface area contributed by atoms with Gasteiger partial charge >= 0.3 is 0 Å². The number of likely N-dealkylation sites (N-methyl/N-ethyl adjacent to an activating group) is 1. The molecule has 0 saturated carbocycles. The molecule has 17 heavy (non-hydrogen) atoms. The Balaban J connectivity index is 0.00000144. The molecule has 0 spiro atoms. The first-order valence-electron chi connectivity index (χ1n) is 5.48. The van der Waals surface area contributed by atoms with Crippen molar-refractivity contribution >= 4 is 29.7 Å². The SMILES string of the molecule is C[C@@H](N)C(=O)Nc1ccc2c(c1)N(C)CC2.Cl. The van der Waals surface area contributed by atoms with E-state index in [9.17, 15) is 4.79 Å². The highest BCUT2D eigenvalue weighted by Crippen LogP contribution is 2.29. The predicted octanol–water partition coefficient (Wildman–Crippen LogP) is 1.39. The van der Waals surface area contributed by atoms with E-state index in [0.717, 1.165) is 18.7 Å². The molecule has 4 nitrogen and oxygen atoms in total. The van der Waals surface area contributed by atoms with Gasteiger partial charge in [-0.3, -0.25) is 4.79 Å². The number of hydrogen-bond donors (Lipinski definition) is 2. The summed E-state index contributed by atoms with van der Waals surface area (Å²) >= 11 is 0. The Labute approximate surface area is 108 Å². The molecule has 1 aliphatic rings. The Hall–Kier alpha value is -1.26. The highest BCUT2D eigenvalue weighted by atomic mass is 35.5. The van der Waals surface area contributed by atoms with Crippen molar-refractivity contribution in [2.24, 2.45) is 5.73 Å². The second kappa shape index (κ2) is 5.38. The van der Waals surface area contributed by atoms with E-state index in [1.54, 1.807) is 6.92 Å². The quantitative estimate of drug-likeness (QED) is 0.840. The molecular weight excluding hydrogens is 238 g/mol. The smallest absolute Gasteiger partial charge is 0.240 e. The van der Waals surface area contributed by atoms with Crippen molar-refractivity contribution in [3.05, 3.63) is 23.8 Å². The van der Waals surface area contributed by atoms with Gasteiger partial charge in [0.15, 0.2) is 0 Å². The molecule has 0 bridgehead atoms. The molecule has 94 valence electrons. The normalized spacial score (nSPS) is 14.9. The lowest BCUT2D eigenvalue weighted by atomic mass is 10.1. The number of fused-ring (bicyclic) bond motifs is 1. The van der Waals surface area contributed by atoms with Crippen molar-refractivity contribution < 1.29 is 4.79 Å². The Kier molecular flexibility index (Phi) is 4.37. The van der Waals surface area contributed by atoms with Crippen LogP contribution in [0.1, 0.15) is 12.5 Å². The molecule has 0 aromatic heterocycles. The number of nitrogens with zero attached hydrogens (tertiary/aromatic N) is 1. The Bertz CT molecular complexity index is 420. The number of hydrogen-bond acceptors (Lipinski definition) is 3. The standard InChI is InChI=1S/C12H17N3O.ClH/c1-8(13)12(16)14-10-4-3-9-5-6-15(2)11(9)7-10;/h3-4,7-8H,5-6,13H2,1-2H3,(H,14,16);1H/t8-;/m1./s1. The number of nitrogens with one attached hydrogen (secondary N) is 1. The molecule has 0 fully saturated rings. The van der Waals surface area contributed by atoms with Gasteiger partial charge in [0.1, 0.15) is 0 Å². The highest BCUT2D eigenvalue weighted by Gasteiger charge is 2.16. The number of halogens is 1. The van der Waals surface area contributed by atoms with Crippen LogP contribution in [0.5, 0.6) is 0 Å². The van der Waals surface area contributed by atoms with Crippen LogP contribution < -0.4 is 16.0 Å². The van der Waals surface area contributed by atoms with Gasteiger partial charge < -0.3 is 16.0 Å². The van der Waals surface area contributed by atoms with Gasteiger partial charge in [0.2, 0.25) is 5.91 Å². The monoisotopic (exact) mass is 255 g/mol. The van der Waals surface area contributed by atoms with Crippen LogP contribution in [-0.4, -0.2) is 25.5 Å². The van der Waals surface area contributed by atoms with Crippen LogP contribution in [0.25, 0.3) is 0 Å². The van der Waals surface area contributed by atoms with Crippen molar-refractivity contribution in [3.8, 4) is 0 Å². The Morgan fingerprint density at radius 2 is 2.24 bits per heavy atom. The minimum absolute atomic E-state index is 0. The van der Waals surface area contributed by atoms with E-state index in [-0.39, 0.29) is 18.3 Å². The molecule has 0 saturated heterocycles. The molecule has 2 rings (SSSR count). The molecule has 0 unspecified atom stereocenters. The molecule has 1 heterocycles. The zero-order valence-corrected chi connectivity index (χ0v) is 10.9. The minimum atomic E-state index is -0.481. The number of carbonyl (C=O) groups is 1. The van der Waals surface area contributed by atoms with Crippen molar-refractivity contribution in [2.75, 3.05) is 23.8 Å². The largest absolute Gasteiger partial charge is 0.374 e. The maximum Gasteiger partial charge on any atom is 0.240 e. The molecule has 1 amide bonds. The summed E-state index contributed by atoms with van der Waals surface area (Å²) in [5.74, 6) is -0.152. The minimum Gasteiger partial charge on any atom is -0.374 e. The molecule has 1 aromatic carbocycles. The summed E-state index contributed by atoms with van der Waals surface area (Å²) in [5.41, 5.74) is 8.85. The van der Waals surface area contributed by atoms with Gasteiger partial charge in [-0.25, -0.2) is 0 Å². The molecule has 1 aliphatic heterocycles. The van der Waals surface area contributed by atoms with Crippen LogP contribution in [0.4, 0.5) is 11.4 Å². The van der Waals surface area contributed by atoms with E-state index >= 15 is 0 Å². The van der Waals surface area contributed by atoms with Crippen LogP contribution >= 0.6 is 12.4 Å². The van der Waals surface area contributed by atoms with E-state index in [4.69, 9.17) is 5.73 Å². The summed E-state index contributed by atoms with van der Waals surface area (Å²) in [7, 11) is 2.06. The first-order valence-corrected chi connectivity index (χ1v) is 5.48. The van der Waals surface area contributed by atoms with Crippen molar-refractivity contribution in [3.63, 3.8) is 0 Å². The summed E-state index contributed by atoms with van der Waals surface area (Å²) in [6, 6.07) is 5.52. The Morgan fingerprint density at radius 1 is 1.53 bits per heavy atom. The van der Waals surface area contributed by atoms with Crippen molar-refractivity contribution in [2.45, 2.75) is 19.4 Å². The van der Waals surface area contributed by atoms with Crippen molar-refractivity contribution in [1.29, 1.82) is 0 Å². The summed E-state index contributed by atoms with van der Waals surface area (Å²) in [4.78, 5) is 13.6. The van der Waals surface area contributed by atoms with Gasteiger partial charge in [0.05, 0.1) is 6.04 Å². The lowest BCUT2D eigenvalue weighted by Crippen LogP contribution is -2.32. The van der Waals surface area contributed by atoms with Crippen LogP contribution in [0.15, 0.2) is 18.2 Å². The molecule has 1 atom stereocenters. The lowest BCUT2D eigenvalue weighted by molar-refractivity contribution is -0.117.